The van der Waals surface area contributed by atoms with Crippen molar-refractivity contribution in [3.05, 3.63) is 23.2 Å². The second kappa shape index (κ2) is 1.86. The van der Waals surface area contributed by atoms with Crippen LogP contribution < -0.4 is 0 Å². The lowest BCUT2D eigenvalue weighted by Crippen LogP contribution is -2.61. The van der Waals surface area contributed by atoms with Gasteiger partial charge in [0.2, 0.25) is 0 Å². The van der Waals surface area contributed by atoms with Crippen LogP contribution in [0.5, 0.6) is 0 Å². The molecule has 3 aliphatic carbocycles. The minimum Gasteiger partial charge on any atom is -0.0892 e. The van der Waals surface area contributed by atoms with E-state index in [9.17, 15) is 0 Å². The topological polar surface area (TPSA) is 0 Å². The van der Waals surface area contributed by atoms with Crippen molar-refractivity contribution >= 4 is 23.2 Å². The Morgan fingerprint density at radius 2 is 1.18 bits per heavy atom. The molecule has 11 heavy (non-hydrogen) atoms. The fraction of sp³-hybridized carbons (Fsp3) is 0.556. The van der Waals surface area contributed by atoms with Crippen molar-refractivity contribution < 1.29 is 0 Å². The maximum Gasteiger partial charge on any atom is 0.0172 e. The molecular weight excluding hydrogens is 179 g/mol. The van der Waals surface area contributed by atoms with Crippen LogP contribution in [0.4, 0.5) is 0 Å². The standard InChI is InChI=1S/C9H10Cl2/c1-6(10)8-3-9(4-8,5-8)7(2)11/h1-5H2. The molecule has 0 radical (unpaired) electrons. The zero-order valence-electron chi connectivity index (χ0n) is 6.29. The largest absolute Gasteiger partial charge is 0.0892 e. The Balaban J connectivity index is 2.10. The molecule has 0 nitrogen and oxygen atoms in total. The molecule has 60 valence electrons. The van der Waals surface area contributed by atoms with Gasteiger partial charge in [0, 0.05) is 20.9 Å². The van der Waals surface area contributed by atoms with Gasteiger partial charge >= 0.3 is 0 Å². The Kier molecular flexibility index (Phi) is 1.30. The molecule has 0 aromatic heterocycles. The molecule has 3 rings (SSSR count). The van der Waals surface area contributed by atoms with Crippen molar-refractivity contribution in [2.75, 3.05) is 0 Å². The maximum absolute atomic E-state index is 5.86. The van der Waals surface area contributed by atoms with E-state index in [1.807, 2.05) is 0 Å². The average molecular weight is 189 g/mol. The lowest BCUT2D eigenvalue weighted by molar-refractivity contribution is -0.136. The molecular formula is C9H10Cl2. The zero-order chi connectivity index (χ0) is 8.28. The SMILES string of the molecule is C=C(Cl)C12CC(C(=C)Cl)(C1)C2. The van der Waals surface area contributed by atoms with Crippen LogP contribution in [-0.4, -0.2) is 0 Å². The smallest absolute Gasteiger partial charge is 0.0172 e. The molecule has 3 aliphatic rings. The van der Waals surface area contributed by atoms with E-state index in [2.05, 4.69) is 13.2 Å². The maximum atomic E-state index is 5.86. The van der Waals surface area contributed by atoms with Gasteiger partial charge < -0.3 is 0 Å². The molecule has 0 atom stereocenters. The fourth-order valence-corrected chi connectivity index (χ4v) is 2.76. The molecule has 0 spiro atoms. The van der Waals surface area contributed by atoms with E-state index in [1.54, 1.807) is 0 Å². The van der Waals surface area contributed by atoms with Crippen LogP contribution in [0.15, 0.2) is 23.2 Å². The summed E-state index contributed by atoms with van der Waals surface area (Å²) in [5, 5.41) is 1.61. The van der Waals surface area contributed by atoms with Gasteiger partial charge in [0.05, 0.1) is 0 Å². The summed E-state index contributed by atoms with van der Waals surface area (Å²) in [7, 11) is 0. The van der Waals surface area contributed by atoms with Gasteiger partial charge in [-0.25, -0.2) is 0 Å². The van der Waals surface area contributed by atoms with Crippen molar-refractivity contribution in [1.29, 1.82) is 0 Å². The third-order valence-corrected chi connectivity index (χ3v) is 3.98. The van der Waals surface area contributed by atoms with E-state index in [-0.39, 0.29) is 10.8 Å². The summed E-state index contributed by atoms with van der Waals surface area (Å²) < 4.78 is 0. The third kappa shape index (κ3) is 0.723. The lowest BCUT2D eigenvalue weighted by Gasteiger charge is -2.70. The minimum atomic E-state index is 0.236. The summed E-state index contributed by atoms with van der Waals surface area (Å²) in [5.74, 6) is 0. The Morgan fingerprint density at radius 1 is 0.909 bits per heavy atom. The summed E-state index contributed by atoms with van der Waals surface area (Å²) in [6.07, 6.45) is 3.22. The van der Waals surface area contributed by atoms with Crippen LogP contribution in [-0.2, 0) is 0 Å². The molecule has 0 aromatic rings. The van der Waals surface area contributed by atoms with E-state index >= 15 is 0 Å². The number of rotatable bonds is 2. The van der Waals surface area contributed by atoms with Gasteiger partial charge in [0.15, 0.2) is 0 Å². The molecule has 2 heteroatoms. The molecule has 0 aliphatic heterocycles. The van der Waals surface area contributed by atoms with Crippen molar-refractivity contribution in [2.45, 2.75) is 19.3 Å². The first-order valence-electron chi connectivity index (χ1n) is 3.71. The Hall–Kier alpha value is 0.0600. The van der Waals surface area contributed by atoms with Crippen molar-refractivity contribution in [3.8, 4) is 0 Å². The van der Waals surface area contributed by atoms with Crippen LogP contribution in [0.1, 0.15) is 19.3 Å². The van der Waals surface area contributed by atoms with Crippen LogP contribution in [0, 0.1) is 10.8 Å². The Bertz CT molecular complexity index is 209. The fourth-order valence-electron chi connectivity index (χ4n) is 2.36. The monoisotopic (exact) mass is 188 g/mol. The van der Waals surface area contributed by atoms with Gasteiger partial charge in [-0.15, -0.1) is 0 Å². The molecule has 2 bridgehead atoms. The first kappa shape index (κ1) is 7.70. The second-order valence-corrected chi connectivity index (χ2v) is 4.81. The van der Waals surface area contributed by atoms with Gasteiger partial charge in [-0.2, -0.15) is 0 Å². The predicted molar refractivity (Wildman–Crippen MR) is 48.7 cm³/mol. The van der Waals surface area contributed by atoms with E-state index in [0.29, 0.717) is 0 Å². The van der Waals surface area contributed by atoms with Crippen LogP contribution in [0.25, 0.3) is 0 Å². The Morgan fingerprint density at radius 3 is 1.36 bits per heavy atom. The normalized spacial score (nSPS) is 45.6. The highest BCUT2D eigenvalue weighted by atomic mass is 35.5. The summed E-state index contributed by atoms with van der Waals surface area (Å²) in [6, 6.07) is 0. The highest BCUT2D eigenvalue weighted by Gasteiger charge is 2.69. The van der Waals surface area contributed by atoms with Gasteiger partial charge in [-0.1, -0.05) is 36.4 Å². The van der Waals surface area contributed by atoms with E-state index in [0.717, 1.165) is 29.3 Å². The number of hydrogen-bond acceptors (Lipinski definition) is 0. The van der Waals surface area contributed by atoms with E-state index in [4.69, 9.17) is 23.2 Å². The quantitative estimate of drug-likeness (QED) is 0.621. The van der Waals surface area contributed by atoms with Gasteiger partial charge in [-0.05, 0) is 19.3 Å². The minimum absolute atomic E-state index is 0.236. The molecule has 0 amide bonds. The third-order valence-electron chi connectivity index (χ3n) is 3.18. The summed E-state index contributed by atoms with van der Waals surface area (Å²) in [5.41, 5.74) is 0.471. The number of hydrogen-bond donors (Lipinski definition) is 0. The first-order chi connectivity index (χ1) is 5.01. The summed E-state index contributed by atoms with van der Waals surface area (Å²) >= 11 is 11.7. The lowest BCUT2D eigenvalue weighted by atomic mass is 9.35. The van der Waals surface area contributed by atoms with Crippen molar-refractivity contribution in [2.24, 2.45) is 10.8 Å². The van der Waals surface area contributed by atoms with E-state index in [1.165, 1.54) is 0 Å². The first-order valence-corrected chi connectivity index (χ1v) is 4.46. The highest BCUT2D eigenvalue weighted by Crippen LogP contribution is 2.79. The van der Waals surface area contributed by atoms with Gasteiger partial charge in [-0.3, -0.25) is 0 Å². The second-order valence-electron chi connectivity index (χ2n) is 3.90. The molecule has 0 heterocycles. The molecule has 3 saturated carbocycles. The molecule has 0 unspecified atom stereocenters. The molecule has 3 fully saturated rings. The predicted octanol–water partition coefficient (Wildman–Crippen LogP) is 3.66. The number of allylic oxidation sites excluding steroid dienone is 2. The van der Waals surface area contributed by atoms with E-state index < -0.39 is 0 Å². The molecule has 0 saturated heterocycles. The van der Waals surface area contributed by atoms with Crippen molar-refractivity contribution in [1.82, 2.24) is 0 Å². The number of halogens is 2. The van der Waals surface area contributed by atoms with Gasteiger partial charge in [0.25, 0.3) is 0 Å². The van der Waals surface area contributed by atoms with Crippen LogP contribution >= 0.6 is 23.2 Å². The zero-order valence-corrected chi connectivity index (χ0v) is 7.80. The van der Waals surface area contributed by atoms with Crippen molar-refractivity contribution in [3.63, 3.8) is 0 Å². The van der Waals surface area contributed by atoms with Crippen LogP contribution in [0.2, 0.25) is 0 Å². The van der Waals surface area contributed by atoms with Crippen LogP contribution in [0.3, 0.4) is 0 Å². The molecule has 0 N–H and O–H groups in total. The Labute approximate surface area is 76.9 Å². The van der Waals surface area contributed by atoms with Gasteiger partial charge in [0.1, 0.15) is 0 Å². The summed E-state index contributed by atoms with van der Waals surface area (Å²) in [6.45, 7) is 7.54. The summed E-state index contributed by atoms with van der Waals surface area (Å²) in [4.78, 5) is 0. The average Bonchev–Trinajstić information content (AvgIpc) is 1.51. The highest BCUT2D eigenvalue weighted by molar-refractivity contribution is 6.31. The molecule has 0 aromatic carbocycles.